The van der Waals surface area contributed by atoms with E-state index >= 15 is 0 Å². The minimum atomic E-state index is -1.44. The fourth-order valence-corrected chi connectivity index (χ4v) is 1.55. The van der Waals surface area contributed by atoms with E-state index in [1.54, 1.807) is 18.2 Å². The lowest BCUT2D eigenvalue weighted by atomic mass is 10.1. The Balaban J connectivity index is 2.60. The molecule has 0 amide bonds. The van der Waals surface area contributed by atoms with Crippen molar-refractivity contribution in [1.82, 2.24) is 9.97 Å². The summed E-state index contributed by atoms with van der Waals surface area (Å²) < 4.78 is 13.8. The van der Waals surface area contributed by atoms with Crippen molar-refractivity contribution in [2.24, 2.45) is 0 Å². The molecule has 0 aliphatic rings. The highest BCUT2D eigenvalue weighted by Crippen LogP contribution is 2.24. The van der Waals surface area contributed by atoms with Gasteiger partial charge in [-0.15, -0.1) is 0 Å². The molecule has 0 saturated heterocycles. The van der Waals surface area contributed by atoms with Gasteiger partial charge >= 0.3 is 5.97 Å². The van der Waals surface area contributed by atoms with E-state index in [9.17, 15) is 9.18 Å². The summed E-state index contributed by atoms with van der Waals surface area (Å²) in [5.41, 5.74) is -0.338. The SMILES string of the molecule is O=C(O)c1ncnc(-c2cccc(Cl)c2)c1F. The Labute approximate surface area is 101 Å². The maximum Gasteiger partial charge on any atom is 0.357 e. The van der Waals surface area contributed by atoms with Gasteiger partial charge in [0, 0.05) is 10.6 Å². The third kappa shape index (κ3) is 2.24. The van der Waals surface area contributed by atoms with Gasteiger partial charge in [0.2, 0.25) is 0 Å². The maximum absolute atomic E-state index is 13.8. The Morgan fingerprint density at radius 3 is 2.76 bits per heavy atom. The van der Waals surface area contributed by atoms with Crippen LogP contribution in [0.5, 0.6) is 0 Å². The third-order valence-electron chi connectivity index (χ3n) is 2.09. The van der Waals surface area contributed by atoms with Gasteiger partial charge in [-0.05, 0) is 12.1 Å². The number of benzene rings is 1. The molecule has 2 aromatic rings. The van der Waals surface area contributed by atoms with Gasteiger partial charge in [-0.1, -0.05) is 23.7 Å². The Morgan fingerprint density at radius 2 is 2.12 bits per heavy atom. The predicted molar refractivity (Wildman–Crippen MR) is 59.4 cm³/mol. The van der Waals surface area contributed by atoms with Gasteiger partial charge in [-0.2, -0.15) is 0 Å². The molecule has 86 valence electrons. The first-order chi connectivity index (χ1) is 8.09. The van der Waals surface area contributed by atoms with Crippen LogP contribution in [-0.2, 0) is 0 Å². The summed E-state index contributed by atoms with van der Waals surface area (Å²) in [6.45, 7) is 0. The van der Waals surface area contributed by atoms with Gasteiger partial charge < -0.3 is 5.11 Å². The number of aromatic nitrogens is 2. The van der Waals surface area contributed by atoms with E-state index < -0.39 is 17.5 Å². The van der Waals surface area contributed by atoms with Gasteiger partial charge in [0.05, 0.1) is 0 Å². The van der Waals surface area contributed by atoms with E-state index in [0.717, 1.165) is 6.33 Å². The van der Waals surface area contributed by atoms with Gasteiger partial charge in [-0.25, -0.2) is 19.2 Å². The molecule has 1 aromatic heterocycles. The molecule has 1 N–H and O–H groups in total. The maximum atomic E-state index is 13.8. The van der Waals surface area contributed by atoms with Crippen molar-refractivity contribution in [3.63, 3.8) is 0 Å². The lowest BCUT2D eigenvalue weighted by molar-refractivity contribution is 0.0684. The predicted octanol–water partition coefficient (Wildman–Crippen LogP) is 2.63. The Bertz CT molecular complexity index is 589. The zero-order valence-electron chi connectivity index (χ0n) is 8.39. The van der Waals surface area contributed by atoms with Crippen LogP contribution < -0.4 is 0 Å². The van der Waals surface area contributed by atoms with Crippen molar-refractivity contribution in [1.29, 1.82) is 0 Å². The number of carbonyl (C=O) groups is 1. The largest absolute Gasteiger partial charge is 0.476 e. The molecule has 0 fully saturated rings. The van der Waals surface area contributed by atoms with Crippen molar-refractivity contribution in [2.45, 2.75) is 0 Å². The average molecular weight is 253 g/mol. The number of halogens is 2. The second-order valence-electron chi connectivity index (χ2n) is 3.20. The van der Waals surface area contributed by atoms with E-state index in [4.69, 9.17) is 16.7 Å². The Kier molecular flexibility index (Phi) is 3.01. The van der Waals surface area contributed by atoms with Crippen molar-refractivity contribution in [3.05, 3.63) is 47.1 Å². The molecular weight excluding hydrogens is 247 g/mol. The number of hydrogen-bond donors (Lipinski definition) is 1. The van der Waals surface area contributed by atoms with Crippen molar-refractivity contribution < 1.29 is 14.3 Å². The zero-order chi connectivity index (χ0) is 12.4. The average Bonchev–Trinajstić information content (AvgIpc) is 2.29. The fraction of sp³-hybridized carbons (Fsp3) is 0. The zero-order valence-corrected chi connectivity index (χ0v) is 9.15. The van der Waals surface area contributed by atoms with E-state index in [1.165, 1.54) is 6.07 Å². The van der Waals surface area contributed by atoms with Crippen LogP contribution in [0.1, 0.15) is 10.5 Å². The lowest BCUT2D eigenvalue weighted by Gasteiger charge is -2.04. The van der Waals surface area contributed by atoms with Gasteiger partial charge in [-0.3, -0.25) is 0 Å². The van der Waals surface area contributed by atoms with Crippen LogP contribution in [0.25, 0.3) is 11.3 Å². The molecule has 0 radical (unpaired) electrons. The molecule has 0 atom stereocenters. The molecular formula is C11H6ClFN2O2. The van der Waals surface area contributed by atoms with Gasteiger partial charge in [0.25, 0.3) is 0 Å². The second-order valence-corrected chi connectivity index (χ2v) is 3.64. The number of nitrogens with zero attached hydrogens (tertiary/aromatic N) is 2. The smallest absolute Gasteiger partial charge is 0.357 e. The molecule has 0 aliphatic carbocycles. The minimum Gasteiger partial charge on any atom is -0.476 e. The minimum absolute atomic E-state index is 0.0834. The normalized spacial score (nSPS) is 10.2. The van der Waals surface area contributed by atoms with Crippen molar-refractivity contribution in [3.8, 4) is 11.3 Å². The number of hydrogen-bond acceptors (Lipinski definition) is 3. The summed E-state index contributed by atoms with van der Waals surface area (Å²) in [6, 6.07) is 6.34. The van der Waals surface area contributed by atoms with Crippen LogP contribution >= 0.6 is 11.6 Å². The van der Waals surface area contributed by atoms with Crippen LogP contribution in [0, 0.1) is 5.82 Å². The second kappa shape index (κ2) is 4.47. The van der Waals surface area contributed by atoms with Crippen LogP contribution in [-0.4, -0.2) is 21.0 Å². The first-order valence-corrected chi connectivity index (χ1v) is 4.97. The summed E-state index contributed by atoms with van der Waals surface area (Å²) >= 11 is 5.77. The molecule has 1 aromatic carbocycles. The van der Waals surface area contributed by atoms with Crippen LogP contribution in [0.2, 0.25) is 5.02 Å². The first kappa shape index (κ1) is 11.5. The molecule has 0 aliphatic heterocycles. The summed E-state index contributed by atoms with van der Waals surface area (Å²) in [5.74, 6) is -2.41. The molecule has 0 spiro atoms. The van der Waals surface area contributed by atoms with Crippen molar-refractivity contribution >= 4 is 17.6 Å². The Morgan fingerprint density at radius 1 is 1.35 bits per heavy atom. The molecule has 17 heavy (non-hydrogen) atoms. The highest BCUT2D eigenvalue weighted by molar-refractivity contribution is 6.30. The summed E-state index contributed by atoms with van der Waals surface area (Å²) in [4.78, 5) is 17.8. The van der Waals surface area contributed by atoms with Gasteiger partial charge in [0.1, 0.15) is 12.0 Å². The lowest BCUT2D eigenvalue weighted by Crippen LogP contribution is -2.06. The van der Waals surface area contributed by atoms with E-state index in [1.807, 2.05) is 0 Å². The number of carboxylic acids is 1. The number of rotatable bonds is 2. The molecule has 1 heterocycles. The van der Waals surface area contributed by atoms with Crippen LogP contribution in [0.15, 0.2) is 30.6 Å². The third-order valence-corrected chi connectivity index (χ3v) is 2.33. The van der Waals surface area contributed by atoms with Gasteiger partial charge in [0.15, 0.2) is 11.5 Å². The number of carboxylic acid groups (broad SMARTS) is 1. The summed E-state index contributed by atoms with van der Waals surface area (Å²) in [5, 5.41) is 9.15. The molecule has 4 nitrogen and oxygen atoms in total. The van der Waals surface area contributed by atoms with E-state index in [2.05, 4.69) is 9.97 Å². The molecule has 0 unspecified atom stereocenters. The van der Waals surface area contributed by atoms with Crippen LogP contribution in [0.4, 0.5) is 4.39 Å². The van der Waals surface area contributed by atoms with E-state index in [0.29, 0.717) is 10.6 Å². The molecule has 6 heteroatoms. The quantitative estimate of drug-likeness (QED) is 0.892. The summed E-state index contributed by atoms with van der Waals surface area (Å²) in [6.07, 6.45) is 1.00. The monoisotopic (exact) mass is 252 g/mol. The fourth-order valence-electron chi connectivity index (χ4n) is 1.36. The van der Waals surface area contributed by atoms with Crippen LogP contribution in [0.3, 0.4) is 0 Å². The first-order valence-electron chi connectivity index (χ1n) is 4.59. The molecule has 0 bridgehead atoms. The summed E-state index contributed by atoms with van der Waals surface area (Å²) in [7, 11) is 0. The molecule has 0 saturated carbocycles. The standard InChI is InChI=1S/C11H6ClFN2O2/c12-7-3-1-2-6(4-7)9-8(13)10(11(16)17)15-5-14-9/h1-5H,(H,16,17). The Hall–Kier alpha value is -2.01. The molecule has 2 rings (SSSR count). The van der Waals surface area contributed by atoms with Crippen molar-refractivity contribution in [2.75, 3.05) is 0 Å². The number of aromatic carboxylic acids is 1. The highest BCUT2D eigenvalue weighted by atomic mass is 35.5. The topological polar surface area (TPSA) is 63.1 Å². The highest BCUT2D eigenvalue weighted by Gasteiger charge is 2.17. The van der Waals surface area contributed by atoms with E-state index in [-0.39, 0.29) is 5.69 Å².